The van der Waals surface area contributed by atoms with Crippen molar-refractivity contribution in [1.82, 2.24) is 4.31 Å². The minimum atomic E-state index is -3.67. The number of rotatable bonds is 5. The van der Waals surface area contributed by atoms with Crippen LogP contribution in [0.3, 0.4) is 0 Å². The summed E-state index contributed by atoms with van der Waals surface area (Å²) in [5.41, 5.74) is -0.0569. The van der Waals surface area contributed by atoms with Crippen molar-refractivity contribution in [2.75, 3.05) is 7.05 Å². The summed E-state index contributed by atoms with van der Waals surface area (Å²) >= 11 is 3.11. The zero-order chi connectivity index (χ0) is 15.1. The Morgan fingerprint density at radius 2 is 2.05 bits per heavy atom. The zero-order valence-electron chi connectivity index (χ0n) is 11.2. The number of benzene rings is 1. The Bertz CT molecular complexity index is 640. The van der Waals surface area contributed by atoms with E-state index in [1.807, 2.05) is 6.92 Å². The van der Waals surface area contributed by atoms with Gasteiger partial charge in [0.15, 0.2) is 0 Å². The van der Waals surface area contributed by atoms with Crippen LogP contribution in [-0.4, -0.2) is 36.9 Å². The Hall–Kier alpha value is -0.920. The van der Waals surface area contributed by atoms with Gasteiger partial charge in [-0.05, 0) is 59.8 Å². The highest BCUT2D eigenvalue weighted by Crippen LogP contribution is 2.36. The number of carboxylic acids is 1. The second-order valence-electron chi connectivity index (χ2n) is 5.05. The molecule has 0 amide bonds. The highest BCUT2D eigenvalue weighted by molar-refractivity contribution is 9.10. The summed E-state index contributed by atoms with van der Waals surface area (Å²) in [6.07, 6.45) is 2.09. The number of carbonyl (C=O) groups is 1. The lowest BCUT2D eigenvalue weighted by atomic mass is 10.2. The van der Waals surface area contributed by atoms with Gasteiger partial charge in [0, 0.05) is 17.6 Å². The molecule has 1 fully saturated rings. The van der Waals surface area contributed by atoms with Crippen LogP contribution in [0, 0.1) is 5.92 Å². The van der Waals surface area contributed by atoms with Gasteiger partial charge < -0.3 is 5.11 Å². The molecule has 110 valence electrons. The van der Waals surface area contributed by atoms with Crippen LogP contribution in [0.4, 0.5) is 0 Å². The Kier molecular flexibility index (Phi) is 4.22. The molecule has 5 nitrogen and oxygen atoms in total. The molecule has 1 aliphatic carbocycles. The molecule has 0 heterocycles. The number of hydrogen-bond acceptors (Lipinski definition) is 3. The van der Waals surface area contributed by atoms with Crippen LogP contribution >= 0.6 is 15.9 Å². The van der Waals surface area contributed by atoms with Crippen LogP contribution in [0.2, 0.25) is 0 Å². The molecule has 1 saturated carbocycles. The van der Waals surface area contributed by atoms with Crippen LogP contribution in [0.15, 0.2) is 27.6 Å². The second-order valence-corrected chi connectivity index (χ2v) is 7.90. The standard InChI is InChI=1S/C13H16BrNO4S/c1-8(9-3-4-9)15(2)20(18,19)10-5-6-12(14)11(7-10)13(16)17/h5-9H,3-4H2,1-2H3,(H,16,17). The Labute approximate surface area is 126 Å². The van der Waals surface area contributed by atoms with Crippen LogP contribution in [-0.2, 0) is 10.0 Å². The zero-order valence-corrected chi connectivity index (χ0v) is 13.6. The van der Waals surface area contributed by atoms with Gasteiger partial charge in [-0.3, -0.25) is 0 Å². The smallest absolute Gasteiger partial charge is 0.336 e. The minimum Gasteiger partial charge on any atom is -0.478 e. The first-order chi connectivity index (χ1) is 9.25. The number of halogens is 1. The van der Waals surface area contributed by atoms with Crippen molar-refractivity contribution >= 4 is 31.9 Å². The molecule has 20 heavy (non-hydrogen) atoms. The molecular weight excluding hydrogens is 346 g/mol. The summed E-state index contributed by atoms with van der Waals surface area (Å²) < 4.78 is 26.7. The van der Waals surface area contributed by atoms with Crippen LogP contribution < -0.4 is 0 Å². The summed E-state index contributed by atoms with van der Waals surface area (Å²) in [6.45, 7) is 1.88. The van der Waals surface area contributed by atoms with Crippen molar-refractivity contribution in [3.8, 4) is 0 Å². The van der Waals surface area contributed by atoms with E-state index in [0.717, 1.165) is 12.8 Å². The topological polar surface area (TPSA) is 74.7 Å². The quantitative estimate of drug-likeness (QED) is 0.874. The summed E-state index contributed by atoms with van der Waals surface area (Å²) in [6, 6.07) is 3.99. The summed E-state index contributed by atoms with van der Waals surface area (Å²) in [7, 11) is -2.12. The van der Waals surface area contributed by atoms with Gasteiger partial charge in [0.25, 0.3) is 0 Å². The molecule has 2 rings (SSSR count). The van der Waals surface area contributed by atoms with E-state index in [1.165, 1.54) is 22.5 Å². The third-order valence-corrected chi connectivity index (χ3v) is 6.35. The Morgan fingerprint density at radius 3 is 2.55 bits per heavy atom. The van der Waals surface area contributed by atoms with E-state index in [4.69, 9.17) is 5.11 Å². The van der Waals surface area contributed by atoms with Crippen molar-refractivity contribution in [2.24, 2.45) is 5.92 Å². The molecule has 0 bridgehead atoms. The minimum absolute atomic E-state index is 0.00750. The average Bonchev–Trinajstić information content (AvgIpc) is 3.21. The normalized spacial score (nSPS) is 17.2. The van der Waals surface area contributed by atoms with Gasteiger partial charge in [0.2, 0.25) is 10.0 Å². The molecular formula is C13H16BrNO4S. The van der Waals surface area contributed by atoms with Crippen molar-refractivity contribution in [3.63, 3.8) is 0 Å². The van der Waals surface area contributed by atoms with Gasteiger partial charge in [-0.15, -0.1) is 0 Å². The van der Waals surface area contributed by atoms with E-state index < -0.39 is 16.0 Å². The Morgan fingerprint density at radius 1 is 1.45 bits per heavy atom. The summed E-state index contributed by atoms with van der Waals surface area (Å²) in [5.74, 6) is -0.754. The number of hydrogen-bond donors (Lipinski definition) is 1. The molecule has 1 aromatic rings. The fourth-order valence-corrected chi connectivity index (χ4v) is 3.95. The second kappa shape index (κ2) is 5.46. The highest BCUT2D eigenvalue weighted by Gasteiger charge is 2.36. The van der Waals surface area contributed by atoms with Gasteiger partial charge in [-0.25, -0.2) is 13.2 Å². The van der Waals surface area contributed by atoms with E-state index in [9.17, 15) is 13.2 Å². The molecule has 0 saturated heterocycles. The van der Waals surface area contributed by atoms with Crippen molar-refractivity contribution in [3.05, 3.63) is 28.2 Å². The number of aromatic carboxylic acids is 1. The predicted octanol–water partition coefficient (Wildman–Crippen LogP) is 2.57. The molecule has 1 atom stereocenters. The third kappa shape index (κ3) is 2.89. The lowest BCUT2D eigenvalue weighted by Crippen LogP contribution is -2.36. The van der Waals surface area contributed by atoms with E-state index in [-0.39, 0.29) is 16.5 Å². The average molecular weight is 362 g/mol. The molecule has 7 heteroatoms. The van der Waals surface area contributed by atoms with Crippen molar-refractivity contribution < 1.29 is 18.3 Å². The lowest BCUT2D eigenvalue weighted by Gasteiger charge is -2.24. The maximum Gasteiger partial charge on any atom is 0.336 e. The van der Waals surface area contributed by atoms with Crippen molar-refractivity contribution in [1.29, 1.82) is 0 Å². The maximum atomic E-state index is 12.5. The fourth-order valence-electron chi connectivity index (χ4n) is 2.09. The lowest BCUT2D eigenvalue weighted by molar-refractivity contribution is 0.0695. The molecule has 1 N–H and O–H groups in total. The van der Waals surface area contributed by atoms with Gasteiger partial charge >= 0.3 is 5.97 Å². The van der Waals surface area contributed by atoms with Crippen LogP contribution in [0.25, 0.3) is 0 Å². The summed E-state index contributed by atoms with van der Waals surface area (Å²) in [4.78, 5) is 11.1. The van der Waals surface area contributed by atoms with Gasteiger partial charge in [0.05, 0.1) is 10.5 Å². The first-order valence-electron chi connectivity index (χ1n) is 6.26. The molecule has 1 aromatic carbocycles. The molecule has 0 aromatic heterocycles. The molecule has 1 aliphatic rings. The largest absolute Gasteiger partial charge is 0.478 e. The highest BCUT2D eigenvalue weighted by atomic mass is 79.9. The molecule has 0 spiro atoms. The molecule has 0 aliphatic heterocycles. The maximum absolute atomic E-state index is 12.5. The van der Waals surface area contributed by atoms with E-state index >= 15 is 0 Å². The molecule has 0 radical (unpaired) electrons. The first-order valence-corrected chi connectivity index (χ1v) is 8.49. The van der Waals surface area contributed by atoms with Crippen molar-refractivity contribution in [2.45, 2.75) is 30.7 Å². The third-order valence-electron chi connectivity index (χ3n) is 3.72. The van der Waals surface area contributed by atoms with E-state index in [1.54, 1.807) is 7.05 Å². The van der Waals surface area contributed by atoms with Gasteiger partial charge in [-0.1, -0.05) is 0 Å². The van der Waals surface area contributed by atoms with Crippen LogP contribution in [0.5, 0.6) is 0 Å². The van der Waals surface area contributed by atoms with Crippen LogP contribution in [0.1, 0.15) is 30.1 Å². The number of carboxylic acid groups (broad SMARTS) is 1. The monoisotopic (exact) mass is 361 g/mol. The van der Waals surface area contributed by atoms with Gasteiger partial charge in [0.1, 0.15) is 0 Å². The van der Waals surface area contributed by atoms with Gasteiger partial charge in [-0.2, -0.15) is 4.31 Å². The SMILES string of the molecule is CC(C1CC1)N(C)S(=O)(=O)c1ccc(Br)c(C(=O)O)c1. The fraction of sp³-hybridized carbons (Fsp3) is 0.462. The van der Waals surface area contributed by atoms with E-state index in [0.29, 0.717) is 10.4 Å². The van der Waals surface area contributed by atoms with E-state index in [2.05, 4.69) is 15.9 Å². The summed E-state index contributed by atoms with van der Waals surface area (Å²) in [5, 5.41) is 9.06. The Balaban J connectivity index is 2.38. The molecule has 1 unspecified atom stereocenters. The number of nitrogens with zero attached hydrogens (tertiary/aromatic N) is 1. The first kappa shape index (κ1) is 15.5. The predicted molar refractivity (Wildman–Crippen MR) is 78.2 cm³/mol. The number of sulfonamides is 1.